The summed E-state index contributed by atoms with van der Waals surface area (Å²) in [6.07, 6.45) is 0. The Morgan fingerprint density at radius 3 is 2.58 bits per heavy atom. The fourth-order valence-electron chi connectivity index (χ4n) is 1.96. The number of carbonyl (C=O) groups is 1. The zero-order valence-electron chi connectivity index (χ0n) is 11.5. The molecule has 106 valence electrons. The number of ether oxygens (including phenoxy) is 1. The van der Waals surface area contributed by atoms with Crippen LogP contribution in [-0.2, 0) is 16.1 Å². The van der Waals surface area contributed by atoms with Gasteiger partial charge >= 0.3 is 5.97 Å². The van der Waals surface area contributed by atoms with Gasteiger partial charge in [-0.15, -0.1) is 0 Å². The summed E-state index contributed by atoms with van der Waals surface area (Å²) < 4.78 is 4.60. The molecule has 3 N–H and O–H groups in total. The van der Waals surface area contributed by atoms with E-state index in [1.165, 1.54) is 14.0 Å². The Kier molecular flexibility index (Phi) is 5.95. The topological polar surface area (TPSA) is 75.8 Å². The second-order valence-electron chi connectivity index (χ2n) is 4.75. The number of nitrogens with zero attached hydrogens (tertiary/aromatic N) is 1. The minimum absolute atomic E-state index is 0.186. The minimum Gasteiger partial charge on any atom is -0.467 e. The first-order valence-corrected chi connectivity index (χ1v) is 6.26. The Morgan fingerprint density at radius 1 is 1.42 bits per heavy atom. The number of carbonyl (C=O) groups excluding carboxylic acids is 1. The van der Waals surface area contributed by atoms with Gasteiger partial charge in [0.25, 0.3) is 0 Å². The highest BCUT2D eigenvalue weighted by Crippen LogP contribution is 2.12. The van der Waals surface area contributed by atoms with E-state index < -0.39 is 11.6 Å². The van der Waals surface area contributed by atoms with Crippen molar-refractivity contribution in [2.24, 2.45) is 5.73 Å². The van der Waals surface area contributed by atoms with Crippen LogP contribution in [0.25, 0.3) is 0 Å². The predicted octanol–water partition coefficient (Wildman–Crippen LogP) is 0.371. The lowest BCUT2D eigenvalue weighted by molar-refractivity contribution is -0.162. The van der Waals surface area contributed by atoms with E-state index in [9.17, 15) is 9.90 Å². The van der Waals surface area contributed by atoms with Crippen molar-refractivity contribution in [1.82, 2.24) is 4.90 Å². The third-order valence-corrected chi connectivity index (χ3v) is 2.85. The van der Waals surface area contributed by atoms with Crippen LogP contribution < -0.4 is 5.73 Å². The highest BCUT2D eigenvalue weighted by Gasteiger charge is 2.33. The monoisotopic (exact) mass is 266 g/mol. The van der Waals surface area contributed by atoms with E-state index in [4.69, 9.17) is 5.73 Å². The summed E-state index contributed by atoms with van der Waals surface area (Å²) >= 11 is 0. The average molecular weight is 266 g/mol. The fourth-order valence-corrected chi connectivity index (χ4v) is 1.96. The standard InChI is InChI=1S/C14H22N2O3/c1-14(18,13(17)19-2)11-16(9-8-15)10-12-6-4-3-5-7-12/h3-7,18H,8-11,15H2,1-2H3. The maximum atomic E-state index is 11.5. The van der Waals surface area contributed by atoms with Crippen LogP contribution in [0.2, 0.25) is 0 Å². The Hall–Kier alpha value is -1.43. The zero-order chi connectivity index (χ0) is 14.3. The molecule has 1 unspecified atom stereocenters. The van der Waals surface area contributed by atoms with Crippen LogP contribution in [0.1, 0.15) is 12.5 Å². The van der Waals surface area contributed by atoms with Gasteiger partial charge in [-0.25, -0.2) is 4.79 Å². The molecule has 1 aromatic carbocycles. The number of rotatable bonds is 7. The van der Waals surface area contributed by atoms with E-state index in [-0.39, 0.29) is 6.54 Å². The van der Waals surface area contributed by atoms with Crippen LogP contribution in [-0.4, -0.2) is 48.3 Å². The van der Waals surface area contributed by atoms with Gasteiger partial charge in [-0.05, 0) is 12.5 Å². The van der Waals surface area contributed by atoms with Gasteiger partial charge in [0.2, 0.25) is 0 Å². The van der Waals surface area contributed by atoms with Crippen LogP contribution in [0.15, 0.2) is 30.3 Å². The predicted molar refractivity (Wildman–Crippen MR) is 73.4 cm³/mol. The SMILES string of the molecule is COC(=O)C(C)(O)CN(CCN)Cc1ccccc1. The number of esters is 1. The second-order valence-corrected chi connectivity index (χ2v) is 4.75. The van der Waals surface area contributed by atoms with E-state index in [1.807, 2.05) is 35.2 Å². The van der Waals surface area contributed by atoms with Crippen molar-refractivity contribution in [2.75, 3.05) is 26.7 Å². The van der Waals surface area contributed by atoms with Gasteiger partial charge in [-0.2, -0.15) is 0 Å². The number of aliphatic hydroxyl groups is 1. The molecule has 19 heavy (non-hydrogen) atoms. The summed E-state index contributed by atoms with van der Waals surface area (Å²) in [5.74, 6) is -0.636. The molecule has 0 aliphatic rings. The zero-order valence-corrected chi connectivity index (χ0v) is 11.5. The molecule has 0 aliphatic heterocycles. The van der Waals surface area contributed by atoms with E-state index in [0.29, 0.717) is 19.6 Å². The summed E-state index contributed by atoms with van der Waals surface area (Å²) in [6, 6.07) is 9.84. The Morgan fingerprint density at radius 2 is 2.05 bits per heavy atom. The van der Waals surface area contributed by atoms with Gasteiger partial charge in [-0.1, -0.05) is 30.3 Å². The molecule has 0 fully saturated rings. The number of nitrogens with two attached hydrogens (primary N) is 1. The van der Waals surface area contributed by atoms with E-state index in [2.05, 4.69) is 4.74 Å². The van der Waals surface area contributed by atoms with Crippen molar-refractivity contribution in [3.8, 4) is 0 Å². The third-order valence-electron chi connectivity index (χ3n) is 2.85. The summed E-state index contributed by atoms with van der Waals surface area (Å²) in [5, 5.41) is 10.1. The van der Waals surface area contributed by atoms with Gasteiger partial charge in [-0.3, -0.25) is 4.90 Å². The molecule has 0 aromatic heterocycles. The molecule has 1 aromatic rings. The Labute approximate surface area is 114 Å². The maximum Gasteiger partial charge on any atom is 0.338 e. The average Bonchev–Trinajstić information content (AvgIpc) is 2.38. The normalized spacial score (nSPS) is 14.2. The highest BCUT2D eigenvalue weighted by atomic mass is 16.5. The number of methoxy groups -OCH3 is 1. The van der Waals surface area contributed by atoms with Gasteiger partial charge in [0.05, 0.1) is 7.11 Å². The first-order chi connectivity index (χ1) is 8.99. The second kappa shape index (κ2) is 7.23. The van der Waals surface area contributed by atoms with Crippen molar-refractivity contribution >= 4 is 5.97 Å². The van der Waals surface area contributed by atoms with E-state index in [1.54, 1.807) is 0 Å². The maximum absolute atomic E-state index is 11.5. The molecular formula is C14H22N2O3. The molecule has 5 nitrogen and oxygen atoms in total. The van der Waals surface area contributed by atoms with Crippen molar-refractivity contribution in [2.45, 2.75) is 19.1 Å². The van der Waals surface area contributed by atoms with E-state index in [0.717, 1.165) is 5.56 Å². The number of benzene rings is 1. The van der Waals surface area contributed by atoms with Crippen molar-refractivity contribution in [1.29, 1.82) is 0 Å². The molecule has 0 amide bonds. The molecule has 0 radical (unpaired) electrons. The molecular weight excluding hydrogens is 244 g/mol. The van der Waals surface area contributed by atoms with Crippen molar-refractivity contribution in [3.63, 3.8) is 0 Å². The quantitative estimate of drug-likeness (QED) is 0.697. The van der Waals surface area contributed by atoms with Crippen LogP contribution in [0.5, 0.6) is 0 Å². The van der Waals surface area contributed by atoms with Crippen molar-refractivity contribution < 1.29 is 14.6 Å². The van der Waals surface area contributed by atoms with Crippen LogP contribution in [0.3, 0.4) is 0 Å². The van der Waals surface area contributed by atoms with Crippen LogP contribution >= 0.6 is 0 Å². The third kappa shape index (κ3) is 4.98. The summed E-state index contributed by atoms with van der Waals surface area (Å²) in [4.78, 5) is 13.4. The Balaban J connectivity index is 2.70. The first kappa shape index (κ1) is 15.6. The molecule has 0 bridgehead atoms. The van der Waals surface area contributed by atoms with Gasteiger partial charge in [0.15, 0.2) is 5.60 Å². The molecule has 5 heteroatoms. The molecule has 0 saturated carbocycles. The molecule has 1 atom stereocenters. The number of hydrogen-bond acceptors (Lipinski definition) is 5. The summed E-state index contributed by atoms with van der Waals surface area (Å²) in [7, 11) is 1.27. The molecule has 0 spiro atoms. The lowest BCUT2D eigenvalue weighted by Gasteiger charge is -2.29. The summed E-state index contributed by atoms with van der Waals surface area (Å²) in [6.45, 7) is 3.33. The van der Waals surface area contributed by atoms with Crippen LogP contribution in [0, 0.1) is 0 Å². The Bertz CT molecular complexity index is 393. The lowest BCUT2D eigenvalue weighted by Crippen LogP contribution is -2.48. The smallest absolute Gasteiger partial charge is 0.338 e. The largest absolute Gasteiger partial charge is 0.467 e. The minimum atomic E-state index is -1.53. The fraction of sp³-hybridized carbons (Fsp3) is 0.500. The number of hydrogen-bond donors (Lipinski definition) is 2. The molecule has 1 rings (SSSR count). The van der Waals surface area contributed by atoms with Crippen molar-refractivity contribution in [3.05, 3.63) is 35.9 Å². The van der Waals surface area contributed by atoms with Gasteiger partial charge < -0.3 is 15.6 Å². The first-order valence-electron chi connectivity index (χ1n) is 6.26. The molecule has 0 aliphatic carbocycles. The van der Waals surface area contributed by atoms with Gasteiger partial charge in [0, 0.05) is 26.2 Å². The lowest BCUT2D eigenvalue weighted by atomic mass is 10.1. The van der Waals surface area contributed by atoms with Gasteiger partial charge in [0.1, 0.15) is 0 Å². The van der Waals surface area contributed by atoms with Crippen LogP contribution in [0.4, 0.5) is 0 Å². The molecule has 0 heterocycles. The molecule has 0 saturated heterocycles. The summed E-state index contributed by atoms with van der Waals surface area (Å²) in [5.41, 5.74) is 5.15. The van der Waals surface area contributed by atoms with E-state index >= 15 is 0 Å². The highest BCUT2D eigenvalue weighted by molar-refractivity contribution is 5.78.